The van der Waals surface area contributed by atoms with Crippen LogP contribution < -0.4 is 5.32 Å². The van der Waals surface area contributed by atoms with Crippen LogP contribution in [-0.4, -0.2) is 54.6 Å². The van der Waals surface area contributed by atoms with Gasteiger partial charge in [-0.2, -0.15) is 0 Å². The Bertz CT molecular complexity index is 708. The van der Waals surface area contributed by atoms with Gasteiger partial charge in [-0.15, -0.1) is 0 Å². The predicted molar refractivity (Wildman–Crippen MR) is 82.7 cm³/mol. The van der Waals surface area contributed by atoms with Crippen LogP contribution in [0.15, 0.2) is 30.5 Å². The van der Waals surface area contributed by atoms with E-state index in [1.54, 1.807) is 12.0 Å². The van der Waals surface area contributed by atoms with Crippen molar-refractivity contribution < 1.29 is 14.3 Å². The SMILES string of the molecule is COCCn1cc(C(=O)N2CCNC(=O)C2)c2ccccc21. The number of benzene rings is 1. The Morgan fingerprint density at radius 3 is 2.95 bits per heavy atom. The van der Waals surface area contributed by atoms with E-state index >= 15 is 0 Å². The molecule has 2 amide bonds. The molecule has 2 aromatic rings. The highest BCUT2D eigenvalue weighted by Crippen LogP contribution is 2.23. The van der Waals surface area contributed by atoms with Crippen LogP contribution in [0, 0.1) is 0 Å². The summed E-state index contributed by atoms with van der Waals surface area (Å²) in [6.45, 7) is 2.44. The van der Waals surface area contributed by atoms with Gasteiger partial charge in [0.25, 0.3) is 5.91 Å². The number of methoxy groups -OCH3 is 1. The highest BCUT2D eigenvalue weighted by Gasteiger charge is 2.25. The van der Waals surface area contributed by atoms with E-state index in [9.17, 15) is 9.59 Å². The van der Waals surface area contributed by atoms with Crippen LogP contribution in [0.4, 0.5) is 0 Å². The number of hydrogen-bond acceptors (Lipinski definition) is 3. The van der Waals surface area contributed by atoms with E-state index in [1.807, 2.05) is 35.0 Å². The van der Waals surface area contributed by atoms with Crippen LogP contribution in [0.2, 0.25) is 0 Å². The number of piperazine rings is 1. The van der Waals surface area contributed by atoms with Crippen LogP contribution in [0.5, 0.6) is 0 Å². The summed E-state index contributed by atoms with van der Waals surface area (Å²) in [5.74, 6) is -0.204. The Kier molecular flexibility index (Phi) is 4.11. The van der Waals surface area contributed by atoms with E-state index in [-0.39, 0.29) is 18.4 Å². The van der Waals surface area contributed by atoms with Crippen LogP contribution >= 0.6 is 0 Å². The van der Waals surface area contributed by atoms with Gasteiger partial charge >= 0.3 is 0 Å². The van der Waals surface area contributed by atoms with Crippen LogP contribution in [0.25, 0.3) is 10.9 Å². The van der Waals surface area contributed by atoms with Crippen LogP contribution in [-0.2, 0) is 16.1 Å². The number of carbonyl (C=O) groups excluding carboxylic acids is 2. The van der Waals surface area contributed by atoms with Crippen molar-refractivity contribution in [3.05, 3.63) is 36.0 Å². The largest absolute Gasteiger partial charge is 0.383 e. The number of aromatic nitrogens is 1. The predicted octanol–water partition coefficient (Wildman–Crippen LogP) is 0.860. The van der Waals surface area contributed by atoms with Gasteiger partial charge in [0.2, 0.25) is 5.91 Å². The first-order valence-electron chi connectivity index (χ1n) is 7.33. The Morgan fingerprint density at radius 2 is 2.18 bits per heavy atom. The minimum Gasteiger partial charge on any atom is -0.383 e. The normalized spacial score (nSPS) is 15.1. The quantitative estimate of drug-likeness (QED) is 0.911. The fourth-order valence-corrected chi connectivity index (χ4v) is 2.77. The second kappa shape index (κ2) is 6.19. The first-order chi connectivity index (χ1) is 10.7. The molecule has 6 heteroatoms. The van der Waals surface area contributed by atoms with Gasteiger partial charge in [-0.1, -0.05) is 18.2 Å². The summed E-state index contributed by atoms with van der Waals surface area (Å²) in [5.41, 5.74) is 1.64. The number of fused-ring (bicyclic) bond motifs is 1. The molecule has 0 unspecified atom stereocenters. The lowest BCUT2D eigenvalue weighted by molar-refractivity contribution is -0.123. The molecule has 6 nitrogen and oxygen atoms in total. The van der Waals surface area contributed by atoms with E-state index in [1.165, 1.54) is 0 Å². The Balaban J connectivity index is 1.95. The fraction of sp³-hybridized carbons (Fsp3) is 0.375. The molecular weight excluding hydrogens is 282 g/mol. The topological polar surface area (TPSA) is 63.6 Å². The van der Waals surface area contributed by atoms with Gasteiger partial charge in [-0.25, -0.2) is 0 Å². The number of ether oxygens (including phenoxy) is 1. The number of hydrogen-bond donors (Lipinski definition) is 1. The lowest BCUT2D eigenvalue weighted by atomic mass is 10.1. The molecule has 1 saturated heterocycles. The number of amides is 2. The number of carbonyl (C=O) groups is 2. The lowest BCUT2D eigenvalue weighted by Crippen LogP contribution is -2.49. The van der Waals surface area contributed by atoms with Gasteiger partial charge in [0, 0.05) is 43.8 Å². The number of nitrogens with zero attached hydrogens (tertiary/aromatic N) is 2. The van der Waals surface area contributed by atoms with Gasteiger partial charge in [-0.05, 0) is 6.07 Å². The van der Waals surface area contributed by atoms with E-state index in [0.717, 1.165) is 10.9 Å². The highest BCUT2D eigenvalue weighted by molar-refractivity contribution is 6.08. The summed E-state index contributed by atoms with van der Waals surface area (Å²) >= 11 is 0. The summed E-state index contributed by atoms with van der Waals surface area (Å²) in [6.07, 6.45) is 1.86. The second-order valence-electron chi connectivity index (χ2n) is 5.32. The smallest absolute Gasteiger partial charge is 0.256 e. The van der Waals surface area contributed by atoms with Crippen LogP contribution in [0.3, 0.4) is 0 Å². The third kappa shape index (κ3) is 2.69. The average molecular weight is 301 g/mol. The Morgan fingerprint density at radius 1 is 1.36 bits per heavy atom. The number of nitrogens with one attached hydrogen (secondary N) is 1. The average Bonchev–Trinajstić information content (AvgIpc) is 2.91. The van der Waals surface area contributed by atoms with Gasteiger partial charge in [0.1, 0.15) is 0 Å². The summed E-state index contributed by atoms with van der Waals surface area (Å²) < 4.78 is 7.15. The van der Waals surface area contributed by atoms with Crippen molar-refractivity contribution in [2.24, 2.45) is 0 Å². The number of para-hydroxylation sites is 1. The molecule has 1 fully saturated rings. The van der Waals surface area contributed by atoms with Crippen molar-refractivity contribution >= 4 is 22.7 Å². The molecule has 1 aromatic heterocycles. The summed E-state index contributed by atoms with van der Waals surface area (Å²) in [7, 11) is 1.66. The van der Waals surface area contributed by atoms with Gasteiger partial charge < -0.3 is 19.5 Å². The van der Waals surface area contributed by atoms with E-state index in [2.05, 4.69) is 5.32 Å². The van der Waals surface area contributed by atoms with Crippen molar-refractivity contribution in [1.29, 1.82) is 0 Å². The van der Waals surface area contributed by atoms with Crippen molar-refractivity contribution in [1.82, 2.24) is 14.8 Å². The molecule has 1 N–H and O–H groups in total. The van der Waals surface area contributed by atoms with E-state index in [0.29, 0.717) is 31.8 Å². The molecule has 3 rings (SSSR count). The minimum atomic E-state index is -0.109. The summed E-state index contributed by atoms with van der Waals surface area (Å²) in [4.78, 5) is 25.8. The van der Waals surface area contributed by atoms with E-state index < -0.39 is 0 Å². The first-order valence-corrected chi connectivity index (χ1v) is 7.33. The van der Waals surface area contributed by atoms with E-state index in [4.69, 9.17) is 4.74 Å². The van der Waals surface area contributed by atoms with Gasteiger partial charge in [-0.3, -0.25) is 9.59 Å². The molecule has 2 heterocycles. The molecule has 1 aliphatic heterocycles. The van der Waals surface area contributed by atoms with Gasteiger partial charge in [0.05, 0.1) is 18.7 Å². The molecule has 0 radical (unpaired) electrons. The number of rotatable bonds is 4. The first kappa shape index (κ1) is 14.6. The minimum absolute atomic E-state index is 0.0952. The third-order valence-corrected chi connectivity index (χ3v) is 3.88. The highest BCUT2D eigenvalue weighted by atomic mass is 16.5. The summed E-state index contributed by atoms with van der Waals surface area (Å²) in [5, 5.41) is 3.65. The Labute approximate surface area is 128 Å². The molecule has 1 aliphatic rings. The molecule has 0 aliphatic carbocycles. The van der Waals surface area contributed by atoms with Gasteiger partial charge in [0.15, 0.2) is 0 Å². The standard InChI is InChI=1S/C16H19N3O3/c1-22-9-8-18-10-13(12-4-2-3-5-14(12)18)16(21)19-7-6-17-15(20)11-19/h2-5,10H,6-9,11H2,1H3,(H,17,20). The zero-order valence-corrected chi connectivity index (χ0v) is 12.5. The molecule has 116 valence electrons. The van der Waals surface area contributed by atoms with Crippen molar-refractivity contribution in [2.45, 2.75) is 6.54 Å². The Hall–Kier alpha value is -2.34. The maximum atomic E-state index is 12.7. The second-order valence-corrected chi connectivity index (χ2v) is 5.32. The molecule has 0 spiro atoms. The van der Waals surface area contributed by atoms with Crippen molar-refractivity contribution in [3.8, 4) is 0 Å². The lowest BCUT2D eigenvalue weighted by Gasteiger charge is -2.26. The summed E-state index contributed by atoms with van der Waals surface area (Å²) in [6, 6.07) is 7.80. The third-order valence-electron chi connectivity index (χ3n) is 3.88. The zero-order valence-electron chi connectivity index (χ0n) is 12.5. The molecule has 0 atom stereocenters. The molecule has 1 aromatic carbocycles. The zero-order chi connectivity index (χ0) is 15.5. The maximum Gasteiger partial charge on any atom is 0.256 e. The molecule has 0 saturated carbocycles. The maximum absolute atomic E-state index is 12.7. The fourth-order valence-electron chi connectivity index (χ4n) is 2.77. The molecule has 0 bridgehead atoms. The van der Waals surface area contributed by atoms with Crippen molar-refractivity contribution in [3.63, 3.8) is 0 Å². The van der Waals surface area contributed by atoms with Crippen molar-refractivity contribution in [2.75, 3.05) is 33.4 Å². The molecular formula is C16H19N3O3. The monoisotopic (exact) mass is 301 g/mol. The molecule has 22 heavy (non-hydrogen) atoms. The van der Waals surface area contributed by atoms with Crippen LogP contribution in [0.1, 0.15) is 10.4 Å².